The molecule has 0 aliphatic carbocycles. The third kappa shape index (κ3) is 4.75. The Labute approximate surface area is 193 Å². The van der Waals surface area contributed by atoms with Crippen LogP contribution >= 0.6 is 0 Å². The number of nitrogens with zero attached hydrogens (tertiary/aromatic N) is 1. The molecular formula is C28H29NO4. The maximum absolute atomic E-state index is 11.4. The van der Waals surface area contributed by atoms with Gasteiger partial charge >= 0.3 is 0 Å². The zero-order valence-corrected chi connectivity index (χ0v) is 18.6. The molecule has 1 unspecified atom stereocenters. The van der Waals surface area contributed by atoms with Crippen LogP contribution in [-0.2, 0) is 0 Å². The van der Waals surface area contributed by atoms with E-state index in [2.05, 4.69) is 4.90 Å². The molecule has 1 aromatic heterocycles. The van der Waals surface area contributed by atoms with Crippen LogP contribution in [0.5, 0.6) is 11.5 Å². The zero-order chi connectivity index (χ0) is 22.6. The number of likely N-dealkylation sites (tertiary alicyclic amines) is 1. The van der Waals surface area contributed by atoms with Crippen molar-refractivity contribution in [3.8, 4) is 22.8 Å². The lowest BCUT2D eigenvalue weighted by Gasteiger charge is -2.26. The molecule has 5 heteroatoms. The van der Waals surface area contributed by atoms with E-state index in [1.165, 1.54) is 19.3 Å². The van der Waals surface area contributed by atoms with Crippen molar-refractivity contribution in [2.45, 2.75) is 25.4 Å². The number of hydrogen-bond donors (Lipinski definition) is 2. The Morgan fingerprint density at radius 3 is 2.42 bits per heavy atom. The fraction of sp³-hybridized carbons (Fsp3) is 0.286. The molecule has 1 aliphatic heterocycles. The van der Waals surface area contributed by atoms with Crippen LogP contribution in [0.3, 0.4) is 0 Å². The van der Waals surface area contributed by atoms with Gasteiger partial charge in [-0.05, 0) is 55.8 Å². The predicted octanol–water partition coefficient (Wildman–Crippen LogP) is 5.75. The summed E-state index contributed by atoms with van der Waals surface area (Å²) >= 11 is 0. The van der Waals surface area contributed by atoms with Crippen molar-refractivity contribution in [1.29, 1.82) is 0 Å². The highest BCUT2D eigenvalue weighted by Crippen LogP contribution is 2.41. The minimum Gasteiger partial charge on any atom is -0.508 e. The van der Waals surface area contributed by atoms with Gasteiger partial charge in [-0.2, -0.15) is 0 Å². The highest BCUT2D eigenvalue weighted by molar-refractivity contribution is 5.89. The molecule has 1 aliphatic rings. The van der Waals surface area contributed by atoms with E-state index in [0.29, 0.717) is 23.5 Å². The summed E-state index contributed by atoms with van der Waals surface area (Å²) in [4.78, 5) is 2.45. The van der Waals surface area contributed by atoms with Crippen molar-refractivity contribution in [2.24, 2.45) is 0 Å². The van der Waals surface area contributed by atoms with E-state index in [1.54, 1.807) is 18.2 Å². The minimum atomic E-state index is -0.881. The van der Waals surface area contributed by atoms with Gasteiger partial charge in [-0.15, -0.1) is 0 Å². The first-order valence-electron chi connectivity index (χ1n) is 11.6. The summed E-state index contributed by atoms with van der Waals surface area (Å²) < 4.78 is 12.0. The third-order valence-corrected chi connectivity index (χ3v) is 6.34. The Bertz CT molecular complexity index is 1190. The standard InChI is InChI=1S/C28H29NO4/c30-22-11-14-24-25(19-22)33-28(21-7-3-1-4-8-21)26(24)27(31)20-9-12-23(13-10-20)32-18-17-29-15-5-2-6-16-29/h1,3-4,7-14,19,27,30-31H,2,5-6,15-18H2. The van der Waals surface area contributed by atoms with Crippen LogP contribution < -0.4 is 4.74 Å². The molecule has 0 radical (unpaired) electrons. The molecule has 5 nitrogen and oxygen atoms in total. The Morgan fingerprint density at radius 2 is 1.67 bits per heavy atom. The van der Waals surface area contributed by atoms with Crippen LogP contribution in [0.2, 0.25) is 0 Å². The fourth-order valence-electron chi connectivity index (χ4n) is 4.57. The fourth-order valence-corrected chi connectivity index (χ4v) is 4.57. The van der Waals surface area contributed by atoms with Crippen LogP contribution in [0, 0.1) is 0 Å². The van der Waals surface area contributed by atoms with Crippen molar-refractivity contribution < 1.29 is 19.4 Å². The smallest absolute Gasteiger partial charge is 0.141 e. The second kappa shape index (κ2) is 9.69. The first kappa shape index (κ1) is 21.6. The van der Waals surface area contributed by atoms with Gasteiger partial charge in [0.05, 0.1) is 0 Å². The molecule has 170 valence electrons. The summed E-state index contributed by atoms with van der Waals surface area (Å²) in [6.45, 7) is 3.93. The molecule has 2 N–H and O–H groups in total. The predicted molar refractivity (Wildman–Crippen MR) is 130 cm³/mol. The second-order valence-corrected chi connectivity index (χ2v) is 8.61. The molecule has 0 spiro atoms. The number of aliphatic hydroxyl groups excluding tert-OH is 1. The molecule has 0 bridgehead atoms. The Balaban J connectivity index is 1.37. The van der Waals surface area contributed by atoms with E-state index in [0.717, 1.165) is 41.9 Å². The summed E-state index contributed by atoms with van der Waals surface area (Å²) in [5.74, 6) is 1.53. The van der Waals surface area contributed by atoms with Gasteiger partial charge in [0.15, 0.2) is 0 Å². The molecule has 1 atom stereocenters. The average molecular weight is 444 g/mol. The molecule has 4 aromatic rings. The lowest BCUT2D eigenvalue weighted by atomic mass is 9.96. The largest absolute Gasteiger partial charge is 0.508 e. The highest BCUT2D eigenvalue weighted by Gasteiger charge is 2.24. The van der Waals surface area contributed by atoms with Gasteiger partial charge in [-0.25, -0.2) is 0 Å². The van der Waals surface area contributed by atoms with Gasteiger partial charge in [0.2, 0.25) is 0 Å². The molecule has 5 rings (SSSR count). The lowest BCUT2D eigenvalue weighted by molar-refractivity contribution is 0.183. The topological polar surface area (TPSA) is 66.1 Å². The van der Waals surface area contributed by atoms with Crippen molar-refractivity contribution in [3.05, 3.63) is 83.9 Å². The van der Waals surface area contributed by atoms with Crippen molar-refractivity contribution in [2.75, 3.05) is 26.2 Å². The number of ether oxygens (including phenoxy) is 1. The number of furan rings is 1. The van der Waals surface area contributed by atoms with Crippen LogP contribution in [0.4, 0.5) is 0 Å². The number of aromatic hydroxyl groups is 1. The van der Waals surface area contributed by atoms with E-state index in [9.17, 15) is 10.2 Å². The van der Waals surface area contributed by atoms with Gasteiger partial charge in [-0.1, -0.05) is 48.9 Å². The maximum Gasteiger partial charge on any atom is 0.141 e. The van der Waals surface area contributed by atoms with Gasteiger partial charge in [0.1, 0.15) is 35.6 Å². The molecule has 3 aromatic carbocycles. The molecule has 1 fully saturated rings. The number of benzene rings is 3. The number of phenolic OH excluding ortho intramolecular Hbond substituents is 1. The summed E-state index contributed by atoms with van der Waals surface area (Å²) in [5, 5.41) is 22.0. The van der Waals surface area contributed by atoms with Crippen LogP contribution in [0.1, 0.15) is 36.5 Å². The minimum absolute atomic E-state index is 0.128. The van der Waals surface area contributed by atoms with Gasteiger partial charge in [-0.3, -0.25) is 4.90 Å². The highest BCUT2D eigenvalue weighted by atomic mass is 16.5. The normalized spacial score (nSPS) is 15.5. The van der Waals surface area contributed by atoms with Crippen molar-refractivity contribution >= 4 is 11.0 Å². The van der Waals surface area contributed by atoms with Crippen molar-refractivity contribution in [3.63, 3.8) is 0 Å². The number of hydrogen-bond acceptors (Lipinski definition) is 5. The molecule has 0 amide bonds. The van der Waals surface area contributed by atoms with E-state index in [1.807, 2.05) is 54.6 Å². The van der Waals surface area contributed by atoms with Crippen molar-refractivity contribution in [1.82, 2.24) is 4.90 Å². The van der Waals surface area contributed by atoms with Crippen LogP contribution in [0.25, 0.3) is 22.3 Å². The first-order chi connectivity index (χ1) is 16.2. The Morgan fingerprint density at radius 1 is 0.909 bits per heavy atom. The molecule has 33 heavy (non-hydrogen) atoms. The van der Waals surface area contributed by atoms with Crippen LogP contribution in [-0.4, -0.2) is 41.4 Å². The summed E-state index contributed by atoms with van der Waals surface area (Å²) in [7, 11) is 0. The SMILES string of the molecule is Oc1ccc2c(C(O)c3ccc(OCCN4CCCCC4)cc3)c(-c3ccccc3)oc2c1. The van der Waals surface area contributed by atoms with Gasteiger partial charge in [0, 0.05) is 29.1 Å². The quantitative estimate of drug-likeness (QED) is 0.381. The Hall–Kier alpha value is -3.28. The summed E-state index contributed by atoms with van der Waals surface area (Å²) in [5.41, 5.74) is 2.86. The number of aliphatic hydroxyl groups is 1. The van der Waals surface area contributed by atoms with E-state index < -0.39 is 6.10 Å². The summed E-state index contributed by atoms with van der Waals surface area (Å²) in [6.07, 6.45) is 3.01. The van der Waals surface area contributed by atoms with Gasteiger partial charge in [0.25, 0.3) is 0 Å². The van der Waals surface area contributed by atoms with E-state index in [-0.39, 0.29) is 5.75 Å². The molecule has 0 saturated carbocycles. The van der Waals surface area contributed by atoms with Gasteiger partial charge < -0.3 is 19.4 Å². The van der Waals surface area contributed by atoms with E-state index in [4.69, 9.17) is 9.15 Å². The molecule has 1 saturated heterocycles. The molecule has 2 heterocycles. The Kier molecular flexibility index (Phi) is 6.33. The lowest BCUT2D eigenvalue weighted by Crippen LogP contribution is -2.33. The average Bonchev–Trinajstić information content (AvgIpc) is 3.24. The third-order valence-electron chi connectivity index (χ3n) is 6.34. The maximum atomic E-state index is 11.4. The first-order valence-corrected chi connectivity index (χ1v) is 11.6. The van der Waals surface area contributed by atoms with Crippen LogP contribution in [0.15, 0.2) is 77.2 Å². The number of rotatable bonds is 7. The second-order valence-electron chi connectivity index (χ2n) is 8.61. The molecular weight excluding hydrogens is 414 g/mol. The number of fused-ring (bicyclic) bond motifs is 1. The monoisotopic (exact) mass is 443 g/mol. The summed E-state index contributed by atoms with van der Waals surface area (Å²) in [6, 6.07) is 22.3. The number of phenols is 1. The number of piperidine rings is 1. The van der Waals surface area contributed by atoms with E-state index >= 15 is 0 Å². The zero-order valence-electron chi connectivity index (χ0n) is 18.6.